The molecule has 4 heteroatoms. The molecule has 0 bridgehead atoms. The van der Waals surface area contributed by atoms with Crippen LogP contribution in [0.5, 0.6) is 0 Å². The van der Waals surface area contributed by atoms with Gasteiger partial charge in [-0.3, -0.25) is 9.59 Å². The average molecular weight is 342 g/mol. The topological polar surface area (TPSA) is 34.1 Å². The Kier molecular flexibility index (Phi) is 3.21. The monoisotopic (exact) mass is 340 g/mol. The fourth-order valence-electron chi connectivity index (χ4n) is 1.49. The Labute approximate surface area is 109 Å². The molecule has 0 saturated carbocycles. The number of fused-ring (bicyclic) bond motifs is 1. The Morgan fingerprint density at radius 2 is 1.12 bits per heavy atom. The molecule has 0 unspecified atom stereocenters. The van der Waals surface area contributed by atoms with Gasteiger partial charge in [0.15, 0.2) is 0 Å². The van der Waals surface area contributed by atoms with E-state index >= 15 is 0 Å². The van der Waals surface area contributed by atoms with Gasteiger partial charge < -0.3 is 0 Å². The summed E-state index contributed by atoms with van der Waals surface area (Å²) in [6, 6.07) is 10.7. The van der Waals surface area contributed by atoms with E-state index in [1.54, 1.807) is 24.3 Å². The van der Waals surface area contributed by atoms with E-state index in [4.69, 9.17) is 0 Å². The molecule has 0 atom stereocenters. The highest BCUT2D eigenvalue weighted by molar-refractivity contribution is 9.18. The summed E-state index contributed by atoms with van der Waals surface area (Å²) in [4.78, 5) is 22.2. The Morgan fingerprint density at radius 1 is 0.750 bits per heavy atom. The predicted molar refractivity (Wildman–Crippen MR) is 70.5 cm³/mol. The molecule has 0 saturated heterocycles. The van der Waals surface area contributed by atoms with Crippen molar-refractivity contribution in [2.75, 3.05) is 0 Å². The van der Waals surface area contributed by atoms with Crippen LogP contribution in [0, 0.1) is 0 Å². The lowest BCUT2D eigenvalue weighted by atomic mass is 10.1. The van der Waals surface area contributed by atoms with Gasteiger partial charge in [0.05, 0.1) is 0 Å². The first-order valence-corrected chi connectivity index (χ1v) is 6.10. The summed E-state index contributed by atoms with van der Waals surface area (Å²) in [5.41, 5.74) is 1.20. The van der Waals surface area contributed by atoms with E-state index in [9.17, 15) is 9.59 Å². The highest BCUT2D eigenvalue weighted by Crippen LogP contribution is 2.20. The van der Waals surface area contributed by atoms with Crippen molar-refractivity contribution in [2.24, 2.45) is 0 Å². The van der Waals surface area contributed by atoms with Gasteiger partial charge in [-0.25, -0.2) is 0 Å². The van der Waals surface area contributed by atoms with E-state index in [1.807, 2.05) is 12.1 Å². The highest BCUT2D eigenvalue weighted by Gasteiger charge is 2.05. The van der Waals surface area contributed by atoms with E-state index in [0.29, 0.717) is 11.1 Å². The number of carbonyl (C=O) groups excluding carboxylic acids is 2. The maximum Gasteiger partial charge on any atom is 0.228 e. The standard InChI is InChI=1S/C12H6Br2O2/c13-11(15)9-3-1-7-5-10(12(14)16)4-2-8(7)6-9/h1-6H. The number of rotatable bonds is 2. The van der Waals surface area contributed by atoms with Crippen molar-refractivity contribution >= 4 is 52.0 Å². The minimum absolute atomic E-state index is 0.143. The first-order valence-electron chi connectivity index (χ1n) is 4.51. The first-order chi connectivity index (χ1) is 7.58. The molecule has 0 aliphatic heterocycles. The van der Waals surface area contributed by atoms with Crippen molar-refractivity contribution in [3.63, 3.8) is 0 Å². The molecule has 0 aliphatic rings. The van der Waals surface area contributed by atoms with Gasteiger partial charge in [0.2, 0.25) is 9.39 Å². The SMILES string of the molecule is O=C(Br)c1ccc2cc(C(=O)Br)ccc2c1. The fourth-order valence-corrected chi connectivity index (χ4v) is 1.98. The van der Waals surface area contributed by atoms with E-state index < -0.39 is 0 Å². The molecule has 0 amide bonds. The zero-order valence-electron chi connectivity index (χ0n) is 8.04. The van der Waals surface area contributed by atoms with Gasteiger partial charge in [-0.15, -0.1) is 0 Å². The highest BCUT2D eigenvalue weighted by atomic mass is 79.9. The summed E-state index contributed by atoms with van der Waals surface area (Å²) in [6.45, 7) is 0. The zero-order chi connectivity index (χ0) is 11.7. The number of benzene rings is 2. The van der Waals surface area contributed by atoms with Gasteiger partial charge in [-0.05, 0) is 66.9 Å². The maximum atomic E-state index is 11.1. The Morgan fingerprint density at radius 3 is 1.44 bits per heavy atom. The lowest BCUT2D eigenvalue weighted by Crippen LogP contribution is -1.90. The molecule has 0 heterocycles. The number of carbonyl (C=O) groups is 2. The summed E-state index contributed by atoms with van der Waals surface area (Å²) < 4.78 is -0.287. The van der Waals surface area contributed by atoms with Crippen LogP contribution in [0.2, 0.25) is 0 Å². The van der Waals surface area contributed by atoms with E-state index in [1.165, 1.54) is 0 Å². The molecule has 80 valence electrons. The van der Waals surface area contributed by atoms with Gasteiger partial charge >= 0.3 is 0 Å². The van der Waals surface area contributed by atoms with Gasteiger partial charge in [0, 0.05) is 11.1 Å². The lowest BCUT2D eigenvalue weighted by Gasteiger charge is -2.01. The van der Waals surface area contributed by atoms with Crippen LogP contribution in [-0.4, -0.2) is 9.39 Å². The van der Waals surface area contributed by atoms with Crippen LogP contribution in [0.15, 0.2) is 36.4 Å². The van der Waals surface area contributed by atoms with Crippen molar-refractivity contribution < 1.29 is 9.59 Å². The molecule has 0 aromatic heterocycles. The molecule has 16 heavy (non-hydrogen) atoms. The zero-order valence-corrected chi connectivity index (χ0v) is 11.2. The van der Waals surface area contributed by atoms with Crippen molar-refractivity contribution in [2.45, 2.75) is 0 Å². The molecule has 0 fully saturated rings. The lowest BCUT2D eigenvalue weighted by molar-refractivity contribution is 0.108. The molecule has 0 radical (unpaired) electrons. The van der Waals surface area contributed by atoms with E-state index in [2.05, 4.69) is 31.9 Å². The molecule has 0 N–H and O–H groups in total. The molecule has 2 rings (SSSR count). The number of hydrogen-bond donors (Lipinski definition) is 0. The average Bonchev–Trinajstić information content (AvgIpc) is 2.27. The summed E-state index contributed by atoms with van der Waals surface area (Å²) in [6.07, 6.45) is 0. The Bertz CT molecular complexity index is 537. The van der Waals surface area contributed by atoms with Gasteiger partial charge in [0.25, 0.3) is 0 Å². The molecule has 2 nitrogen and oxygen atoms in total. The quantitative estimate of drug-likeness (QED) is 0.776. The van der Waals surface area contributed by atoms with Crippen LogP contribution in [0.25, 0.3) is 10.8 Å². The Balaban J connectivity index is 2.61. The molecule has 2 aromatic rings. The van der Waals surface area contributed by atoms with Crippen molar-refractivity contribution in [3.8, 4) is 0 Å². The smallest absolute Gasteiger partial charge is 0.228 e. The second-order valence-corrected chi connectivity index (χ2v) is 4.76. The Hall–Kier alpha value is -1.00. The first kappa shape index (κ1) is 11.5. The molecule has 2 aromatic carbocycles. The second kappa shape index (κ2) is 4.47. The van der Waals surface area contributed by atoms with Crippen LogP contribution in [-0.2, 0) is 0 Å². The predicted octanol–water partition coefficient (Wildman–Crippen LogP) is 3.91. The van der Waals surface area contributed by atoms with Gasteiger partial charge in [0.1, 0.15) is 0 Å². The van der Waals surface area contributed by atoms with Crippen molar-refractivity contribution in [1.82, 2.24) is 0 Å². The molecule has 0 aliphatic carbocycles. The van der Waals surface area contributed by atoms with E-state index in [-0.39, 0.29) is 9.39 Å². The summed E-state index contributed by atoms with van der Waals surface area (Å²) in [5, 5.41) is 1.87. The normalized spacial score (nSPS) is 10.4. The van der Waals surface area contributed by atoms with E-state index in [0.717, 1.165) is 10.8 Å². The van der Waals surface area contributed by atoms with Gasteiger partial charge in [-0.2, -0.15) is 0 Å². The minimum Gasteiger partial charge on any atom is -0.281 e. The van der Waals surface area contributed by atoms with Crippen molar-refractivity contribution in [1.29, 1.82) is 0 Å². The van der Waals surface area contributed by atoms with Crippen LogP contribution in [0.1, 0.15) is 20.7 Å². The van der Waals surface area contributed by atoms with Crippen LogP contribution in [0.3, 0.4) is 0 Å². The van der Waals surface area contributed by atoms with Crippen LogP contribution >= 0.6 is 31.9 Å². The van der Waals surface area contributed by atoms with Crippen LogP contribution in [0.4, 0.5) is 0 Å². The summed E-state index contributed by atoms with van der Waals surface area (Å²) in [7, 11) is 0. The number of halogens is 2. The summed E-state index contributed by atoms with van der Waals surface area (Å²) in [5.74, 6) is 0. The third-order valence-corrected chi connectivity index (χ3v) is 3.21. The van der Waals surface area contributed by atoms with Gasteiger partial charge in [-0.1, -0.05) is 12.1 Å². The third-order valence-electron chi connectivity index (χ3n) is 2.29. The number of hydrogen-bond acceptors (Lipinski definition) is 2. The fraction of sp³-hybridized carbons (Fsp3) is 0. The second-order valence-electron chi connectivity index (χ2n) is 3.32. The molecular weight excluding hydrogens is 336 g/mol. The van der Waals surface area contributed by atoms with Crippen LogP contribution < -0.4 is 0 Å². The maximum absolute atomic E-state index is 11.1. The third kappa shape index (κ3) is 2.23. The van der Waals surface area contributed by atoms with Crippen molar-refractivity contribution in [3.05, 3.63) is 47.5 Å². The largest absolute Gasteiger partial charge is 0.281 e. The summed E-state index contributed by atoms with van der Waals surface area (Å²) >= 11 is 5.81. The minimum atomic E-state index is -0.143. The molecular formula is C12H6Br2O2. The molecule has 0 spiro atoms.